The third-order valence-corrected chi connectivity index (χ3v) is 6.00. The first kappa shape index (κ1) is 13.4. The lowest BCUT2D eigenvalue weighted by molar-refractivity contribution is -0.144. The molecule has 4 saturated carbocycles. The molecule has 0 saturated heterocycles. The quantitative estimate of drug-likeness (QED) is 0.821. The Hall–Kier alpha value is -0.570. The van der Waals surface area contributed by atoms with Gasteiger partial charge in [0.2, 0.25) is 0 Å². The fourth-order valence-corrected chi connectivity index (χ4v) is 5.51. The lowest BCUT2D eigenvalue weighted by Crippen LogP contribution is -2.58. The second-order valence-corrected chi connectivity index (χ2v) is 7.87. The molecule has 0 aromatic rings. The minimum atomic E-state index is -0.811. The largest absolute Gasteiger partial charge is 0.480 e. The van der Waals surface area contributed by atoms with E-state index in [0.29, 0.717) is 12.0 Å². The summed E-state index contributed by atoms with van der Waals surface area (Å²) in [6.07, 6.45) is 7.07. The molecule has 1 atom stereocenters. The molecule has 0 aromatic heterocycles. The first-order chi connectivity index (χ1) is 8.87. The maximum absolute atomic E-state index is 11.3. The molecule has 4 bridgehead atoms. The number of rotatable bonds is 4. The number of nitrogens with one attached hydrogen (secondary N) is 1. The van der Waals surface area contributed by atoms with Crippen molar-refractivity contribution in [2.45, 2.75) is 64.5 Å². The van der Waals surface area contributed by atoms with Crippen LogP contribution in [0.25, 0.3) is 0 Å². The third kappa shape index (κ3) is 2.31. The van der Waals surface area contributed by atoms with Gasteiger partial charge in [-0.2, -0.15) is 0 Å². The van der Waals surface area contributed by atoms with E-state index in [-0.39, 0.29) is 0 Å². The Morgan fingerprint density at radius 3 is 2.00 bits per heavy atom. The molecule has 4 aliphatic carbocycles. The van der Waals surface area contributed by atoms with Gasteiger partial charge in [0.25, 0.3) is 0 Å². The molecule has 0 aromatic carbocycles. The van der Waals surface area contributed by atoms with Crippen molar-refractivity contribution in [3.8, 4) is 0 Å². The molecule has 0 heterocycles. The topological polar surface area (TPSA) is 49.3 Å². The molecule has 19 heavy (non-hydrogen) atoms. The molecule has 0 spiro atoms. The number of carbonyl (C=O) groups is 1. The third-order valence-electron chi connectivity index (χ3n) is 6.00. The summed E-state index contributed by atoms with van der Waals surface area (Å²) >= 11 is 0. The second-order valence-electron chi connectivity index (χ2n) is 7.87. The molecule has 1 unspecified atom stereocenters. The Labute approximate surface area is 116 Å². The van der Waals surface area contributed by atoms with Crippen molar-refractivity contribution in [3.63, 3.8) is 0 Å². The van der Waals surface area contributed by atoms with Crippen LogP contribution in [0, 0.1) is 29.6 Å². The van der Waals surface area contributed by atoms with E-state index >= 15 is 0 Å². The Morgan fingerprint density at radius 1 is 1.11 bits per heavy atom. The minimum Gasteiger partial charge on any atom is -0.480 e. The van der Waals surface area contributed by atoms with Gasteiger partial charge in [0.15, 0.2) is 0 Å². The van der Waals surface area contributed by atoms with Crippen LogP contribution in [0.3, 0.4) is 0 Å². The van der Waals surface area contributed by atoms with Gasteiger partial charge >= 0.3 is 5.97 Å². The predicted molar refractivity (Wildman–Crippen MR) is 74.8 cm³/mol. The monoisotopic (exact) mass is 265 g/mol. The van der Waals surface area contributed by atoms with Crippen molar-refractivity contribution in [1.29, 1.82) is 0 Å². The van der Waals surface area contributed by atoms with Crippen LogP contribution in [0.2, 0.25) is 0 Å². The zero-order valence-corrected chi connectivity index (χ0v) is 12.4. The van der Waals surface area contributed by atoms with Crippen molar-refractivity contribution in [3.05, 3.63) is 0 Å². The fraction of sp³-hybridized carbons (Fsp3) is 0.938. The lowest BCUT2D eigenvalue weighted by Gasteiger charge is -2.56. The summed E-state index contributed by atoms with van der Waals surface area (Å²) in [5.74, 6) is 3.62. The predicted octanol–water partition coefficient (Wildman–Crippen LogP) is 2.90. The molecular formula is C16H27NO2. The highest BCUT2D eigenvalue weighted by Crippen LogP contribution is 2.57. The van der Waals surface area contributed by atoms with E-state index < -0.39 is 11.5 Å². The van der Waals surface area contributed by atoms with Gasteiger partial charge in [-0.1, -0.05) is 0 Å². The molecule has 108 valence electrons. The molecule has 0 amide bonds. The van der Waals surface area contributed by atoms with Crippen molar-refractivity contribution in [2.24, 2.45) is 29.6 Å². The highest BCUT2D eigenvalue weighted by molar-refractivity contribution is 5.77. The van der Waals surface area contributed by atoms with E-state index in [1.807, 2.05) is 0 Å². The highest BCUT2D eigenvalue weighted by atomic mass is 16.4. The van der Waals surface area contributed by atoms with Crippen LogP contribution in [0.4, 0.5) is 0 Å². The zero-order chi connectivity index (χ0) is 13.8. The summed E-state index contributed by atoms with van der Waals surface area (Å²) in [6, 6.07) is 0.320. The second kappa shape index (κ2) is 4.47. The van der Waals surface area contributed by atoms with Crippen LogP contribution < -0.4 is 5.32 Å². The Bertz CT molecular complexity index is 349. The molecule has 3 heteroatoms. The van der Waals surface area contributed by atoms with Crippen LogP contribution in [0.15, 0.2) is 0 Å². The van der Waals surface area contributed by atoms with E-state index in [1.165, 1.54) is 32.1 Å². The molecular weight excluding hydrogens is 238 g/mol. The van der Waals surface area contributed by atoms with Crippen LogP contribution in [0.5, 0.6) is 0 Å². The van der Waals surface area contributed by atoms with Crippen LogP contribution in [-0.2, 0) is 4.79 Å². The van der Waals surface area contributed by atoms with Crippen LogP contribution >= 0.6 is 0 Å². The normalized spacial score (nSPS) is 42.4. The minimum absolute atomic E-state index is 0.320. The average molecular weight is 265 g/mol. The fourth-order valence-electron chi connectivity index (χ4n) is 5.51. The highest BCUT2D eigenvalue weighted by Gasteiger charge is 2.50. The van der Waals surface area contributed by atoms with E-state index in [1.54, 1.807) is 13.8 Å². The van der Waals surface area contributed by atoms with Gasteiger partial charge in [-0.3, -0.25) is 10.1 Å². The van der Waals surface area contributed by atoms with Crippen molar-refractivity contribution >= 4 is 5.97 Å². The van der Waals surface area contributed by atoms with E-state index in [4.69, 9.17) is 0 Å². The maximum Gasteiger partial charge on any atom is 0.323 e. The molecule has 4 aliphatic rings. The van der Waals surface area contributed by atoms with Crippen molar-refractivity contribution < 1.29 is 9.90 Å². The standard InChI is InChI=1S/C16H27NO2/c1-9(17-16(2,3)15(18)19)14-12-5-10-4-11(7-12)8-13(14)6-10/h9-14,17H,4-8H2,1-3H3,(H,18,19). The van der Waals surface area contributed by atoms with E-state index in [2.05, 4.69) is 12.2 Å². The summed E-state index contributed by atoms with van der Waals surface area (Å²) in [6.45, 7) is 5.77. The molecule has 4 fully saturated rings. The van der Waals surface area contributed by atoms with E-state index in [0.717, 1.165) is 23.7 Å². The van der Waals surface area contributed by atoms with Crippen molar-refractivity contribution in [2.75, 3.05) is 0 Å². The van der Waals surface area contributed by atoms with Crippen LogP contribution in [0.1, 0.15) is 52.9 Å². The Balaban J connectivity index is 1.70. The summed E-state index contributed by atoms with van der Waals surface area (Å²) in [4.78, 5) is 11.3. The van der Waals surface area contributed by atoms with Gasteiger partial charge in [0.05, 0.1) is 0 Å². The summed E-state index contributed by atoms with van der Waals surface area (Å²) < 4.78 is 0. The van der Waals surface area contributed by atoms with Crippen molar-refractivity contribution in [1.82, 2.24) is 5.32 Å². The summed E-state index contributed by atoms with van der Waals surface area (Å²) in [7, 11) is 0. The number of aliphatic carboxylic acids is 1. The number of carboxylic acids is 1. The summed E-state index contributed by atoms with van der Waals surface area (Å²) in [5, 5.41) is 12.7. The molecule has 4 rings (SSSR count). The molecule has 2 N–H and O–H groups in total. The molecule has 0 aliphatic heterocycles. The Morgan fingerprint density at radius 2 is 1.58 bits per heavy atom. The van der Waals surface area contributed by atoms with E-state index in [9.17, 15) is 9.90 Å². The number of carboxylic acid groups (broad SMARTS) is 1. The molecule has 0 radical (unpaired) electrons. The number of hydrogen-bond acceptors (Lipinski definition) is 2. The average Bonchev–Trinajstić information content (AvgIpc) is 2.26. The van der Waals surface area contributed by atoms with Crippen LogP contribution in [-0.4, -0.2) is 22.7 Å². The van der Waals surface area contributed by atoms with Gasteiger partial charge in [-0.15, -0.1) is 0 Å². The smallest absolute Gasteiger partial charge is 0.323 e. The zero-order valence-electron chi connectivity index (χ0n) is 12.4. The Kier molecular flexibility index (Phi) is 3.16. The first-order valence-corrected chi connectivity index (χ1v) is 7.88. The van der Waals surface area contributed by atoms with Gasteiger partial charge < -0.3 is 5.11 Å². The summed E-state index contributed by atoms with van der Waals surface area (Å²) in [5.41, 5.74) is -0.811. The number of hydrogen-bond donors (Lipinski definition) is 2. The SMILES string of the molecule is CC(NC(C)(C)C(=O)O)C1C2CC3CC(C2)CC1C3. The first-order valence-electron chi connectivity index (χ1n) is 7.88. The maximum atomic E-state index is 11.3. The van der Waals surface area contributed by atoms with Gasteiger partial charge in [0, 0.05) is 6.04 Å². The van der Waals surface area contributed by atoms with Gasteiger partial charge in [-0.05, 0) is 82.5 Å². The van der Waals surface area contributed by atoms with Gasteiger partial charge in [-0.25, -0.2) is 0 Å². The van der Waals surface area contributed by atoms with Gasteiger partial charge in [0.1, 0.15) is 5.54 Å². The molecule has 3 nitrogen and oxygen atoms in total. The lowest BCUT2D eigenvalue weighted by atomic mass is 9.50.